The summed E-state index contributed by atoms with van der Waals surface area (Å²) in [6.45, 7) is 0. The minimum absolute atomic E-state index is 0.245. The molecule has 0 bridgehead atoms. The number of aromatic nitrogens is 2. The lowest BCUT2D eigenvalue weighted by Crippen LogP contribution is -1.98. The summed E-state index contributed by atoms with van der Waals surface area (Å²) in [5.41, 5.74) is 2.22. The van der Waals surface area contributed by atoms with Gasteiger partial charge in [-0.15, -0.1) is 11.3 Å². The largest absolute Gasteiger partial charge is 0.226 e. The number of hydrogen-bond acceptors (Lipinski definition) is 3. The number of hydrogen-bond donors (Lipinski definition) is 0. The van der Waals surface area contributed by atoms with Crippen molar-refractivity contribution in [2.45, 2.75) is 25.7 Å². The van der Waals surface area contributed by atoms with Gasteiger partial charge in [-0.2, -0.15) is 0 Å². The zero-order valence-corrected chi connectivity index (χ0v) is 11.6. The Balaban J connectivity index is 1.84. The smallest absolute Gasteiger partial charge is 0.161 e. The predicted molar refractivity (Wildman–Crippen MR) is 78.3 cm³/mol. The zero-order valence-electron chi connectivity index (χ0n) is 10.8. The summed E-state index contributed by atoms with van der Waals surface area (Å²) in [4.78, 5) is 11.4. The van der Waals surface area contributed by atoms with E-state index in [4.69, 9.17) is 0 Å². The Morgan fingerprint density at radius 1 is 1.10 bits per heavy atom. The Kier molecular flexibility index (Phi) is 2.77. The molecule has 1 radical (unpaired) electrons. The minimum Gasteiger partial charge on any atom is -0.226 e. The molecule has 2 nitrogen and oxygen atoms in total. The molecule has 4 heteroatoms. The van der Waals surface area contributed by atoms with E-state index in [9.17, 15) is 4.39 Å². The Labute approximate surface area is 120 Å². The van der Waals surface area contributed by atoms with Gasteiger partial charge < -0.3 is 0 Å². The first-order valence-electron chi connectivity index (χ1n) is 6.77. The van der Waals surface area contributed by atoms with Crippen molar-refractivity contribution in [3.05, 3.63) is 46.7 Å². The second kappa shape index (κ2) is 4.63. The van der Waals surface area contributed by atoms with Crippen LogP contribution >= 0.6 is 11.3 Å². The van der Waals surface area contributed by atoms with Crippen LogP contribution in [0.3, 0.4) is 0 Å². The Morgan fingerprint density at radius 2 is 1.90 bits per heavy atom. The fourth-order valence-corrected chi connectivity index (χ4v) is 3.91. The van der Waals surface area contributed by atoms with Crippen molar-refractivity contribution in [2.24, 2.45) is 0 Å². The van der Waals surface area contributed by atoms with Crippen LogP contribution in [0, 0.1) is 12.0 Å². The maximum absolute atomic E-state index is 13.0. The van der Waals surface area contributed by atoms with Crippen molar-refractivity contribution in [1.29, 1.82) is 0 Å². The molecule has 2 aromatic heterocycles. The summed E-state index contributed by atoms with van der Waals surface area (Å²) in [5, 5.41) is 1.08. The number of fused-ring (bicyclic) bond motifs is 3. The third kappa shape index (κ3) is 1.91. The number of rotatable bonds is 1. The number of halogens is 1. The van der Waals surface area contributed by atoms with Crippen LogP contribution in [0.5, 0.6) is 0 Å². The molecule has 99 valence electrons. The van der Waals surface area contributed by atoms with Gasteiger partial charge in [-0.05, 0) is 55.5 Å². The summed E-state index contributed by atoms with van der Waals surface area (Å²) < 4.78 is 13.0. The van der Waals surface area contributed by atoms with Crippen LogP contribution in [0.1, 0.15) is 23.3 Å². The number of benzene rings is 1. The first-order chi connectivity index (χ1) is 9.81. The fourth-order valence-electron chi connectivity index (χ4n) is 2.70. The van der Waals surface area contributed by atoms with Crippen molar-refractivity contribution in [1.82, 2.24) is 9.97 Å². The average molecular weight is 283 g/mol. The topological polar surface area (TPSA) is 25.8 Å². The van der Waals surface area contributed by atoms with Gasteiger partial charge in [0.25, 0.3) is 0 Å². The number of aryl methyl sites for hydroxylation is 2. The van der Waals surface area contributed by atoms with E-state index >= 15 is 0 Å². The van der Waals surface area contributed by atoms with Crippen molar-refractivity contribution < 1.29 is 4.39 Å². The first kappa shape index (κ1) is 12.0. The molecule has 1 aliphatic carbocycles. The van der Waals surface area contributed by atoms with Crippen LogP contribution < -0.4 is 0 Å². The van der Waals surface area contributed by atoms with Crippen LogP contribution in [0.15, 0.2) is 24.3 Å². The minimum atomic E-state index is -0.245. The third-order valence-corrected chi connectivity index (χ3v) is 4.92. The van der Waals surface area contributed by atoms with E-state index in [1.165, 1.54) is 35.4 Å². The second-order valence-corrected chi connectivity index (χ2v) is 6.14. The van der Waals surface area contributed by atoms with Gasteiger partial charge in [0, 0.05) is 15.8 Å². The molecule has 3 aromatic rings. The van der Waals surface area contributed by atoms with E-state index in [0.717, 1.165) is 28.6 Å². The Hall–Kier alpha value is -1.81. The van der Waals surface area contributed by atoms with Gasteiger partial charge in [0.1, 0.15) is 16.8 Å². The normalized spacial score (nSPS) is 14.4. The predicted octanol–water partition coefficient (Wildman–Crippen LogP) is 4.18. The molecule has 0 saturated carbocycles. The number of thiophene rings is 1. The highest BCUT2D eigenvalue weighted by Gasteiger charge is 2.17. The molecule has 0 unspecified atom stereocenters. The van der Waals surface area contributed by atoms with Crippen LogP contribution in [0.2, 0.25) is 0 Å². The fraction of sp³-hybridized carbons (Fsp3) is 0.250. The van der Waals surface area contributed by atoms with E-state index < -0.39 is 0 Å². The van der Waals surface area contributed by atoms with E-state index in [-0.39, 0.29) is 5.82 Å². The van der Waals surface area contributed by atoms with Gasteiger partial charge >= 0.3 is 0 Å². The molecule has 0 aliphatic heterocycles. The molecule has 0 saturated heterocycles. The standard InChI is InChI=1S/C16H12FN2S/c17-11-7-5-10(6-8-11)15-18-9-13-12-3-1-2-4-14(12)20-16(13)19-15/h5-8H,1-4H2. The van der Waals surface area contributed by atoms with Gasteiger partial charge in [-0.3, -0.25) is 0 Å². The van der Waals surface area contributed by atoms with E-state index in [1.54, 1.807) is 23.5 Å². The molecule has 1 aromatic carbocycles. The van der Waals surface area contributed by atoms with E-state index in [1.807, 2.05) is 0 Å². The van der Waals surface area contributed by atoms with Crippen LogP contribution in [-0.4, -0.2) is 9.97 Å². The third-order valence-electron chi connectivity index (χ3n) is 3.74. The highest BCUT2D eigenvalue weighted by atomic mass is 32.1. The highest BCUT2D eigenvalue weighted by Crippen LogP contribution is 2.35. The molecule has 20 heavy (non-hydrogen) atoms. The van der Waals surface area contributed by atoms with Crippen LogP contribution in [0.25, 0.3) is 21.6 Å². The van der Waals surface area contributed by atoms with Crippen LogP contribution in [-0.2, 0) is 12.8 Å². The van der Waals surface area contributed by atoms with Gasteiger partial charge in [-0.25, -0.2) is 14.4 Å². The summed E-state index contributed by atoms with van der Waals surface area (Å²) in [6.07, 6.45) is 7.91. The average Bonchev–Trinajstić information content (AvgIpc) is 2.85. The SMILES string of the molecule is Fc1ccc(-c2n[c]c3c4c(sc3n2)CCCC4)cc1. The molecule has 0 fully saturated rings. The number of nitrogens with zero attached hydrogens (tertiary/aromatic N) is 2. The lowest BCUT2D eigenvalue weighted by atomic mass is 9.97. The molecular weight excluding hydrogens is 271 g/mol. The molecule has 4 rings (SSSR count). The summed E-state index contributed by atoms with van der Waals surface area (Å²) in [6, 6.07) is 6.28. The van der Waals surface area contributed by atoms with Crippen molar-refractivity contribution >= 4 is 21.6 Å². The van der Waals surface area contributed by atoms with E-state index in [2.05, 4.69) is 16.2 Å². The molecule has 0 N–H and O–H groups in total. The Morgan fingerprint density at radius 3 is 2.75 bits per heavy atom. The summed E-state index contributed by atoms with van der Waals surface area (Å²) in [7, 11) is 0. The monoisotopic (exact) mass is 283 g/mol. The second-order valence-electron chi connectivity index (χ2n) is 5.06. The van der Waals surface area contributed by atoms with Gasteiger partial charge in [-0.1, -0.05) is 0 Å². The highest BCUT2D eigenvalue weighted by molar-refractivity contribution is 7.18. The van der Waals surface area contributed by atoms with Gasteiger partial charge in [0.2, 0.25) is 0 Å². The molecule has 2 heterocycles. The van der Waals surface area contributed by atoms with Crippen molar-refractivity contribution in [3.63, 3.8) is 0 Å². The molecular formula is C16H12FN2S. The maximum Gasteiger partial charge on any atom is 0.161 e. The summed E-state index contributed by atoms with van der Waals surface area (Å²) in [5.74, 6) is 0.376. The zero-order chi connectivity index (χ0) is 13.5. The Bertz CT molecular complexity index is 777. The van der Waals surface area contributed by atoms with Crippen molar-refractivity contribution in [3.8, 4) is 11.4 Å². The molecule has 0 spiro atoms. The maximum atomic E-state index is 13.0. The van der Waals surface area contributed by atoms with E-state index in [0.29, 0.717) is 5.82 Å². The quantitative estimate of drug-likeness (QED) is 0.669. The molecule has 0 amide bonds. The van der Waals surface area contributed by atoms with Crippen LogP contribution in [0.4, 0.5) is 4.39 Å². The van der Waals surface area contributed by atoms with Crippen molar-refractivity contribution in [2.75, 3.05) is 0 Å². The lowest BCUT2D eigenvalue weighted by molar-refractivity contribution is 0.628. The first-order valence-corrected chi connectivity index (χ1v) is 7.59. The van der Waals surface area contributed by atoms with Gasteiger partial charge in [0.05, 0.1) is 0 Å². The lowest BCUT2D eigenvalue weighted by Gasteiger charge is -2.09. The van der Waals surface area contributed by atoms with Gasteiger partial charge in [0.15, 0.2) is 5.82 Å². The summed E-state index contributed by atoms with van der Waals surface area (Å²) >= 11 is 1.76. The molecule has 1 aliphatic rings. The molecule has 0 atom stereocenters.